The van der Waals surface area contributed by atoms with Gasteiger partial charge in [0, 0.05) is 24.5 Å². The Balaban J connectivity index is 1.62. The number of alkyl halides is 3. The van der Waals surface area contributed by atoms with Crippen molar-refractivity contribution >= 4 is 29.9 Å². The monoisotopic (exact) mass is 434 g/mol. The highest BCUT2D eigenvalue weighted by molar-refractivity contribution is 6.62. The molecule has 0 unspecified atom stereocenters. The lowest BCUT2D eigenvalue weighted by molar-refractivity contribution is -0.137. The maximum Gasteiger partial charge on any atom is 0.492 e. The predicted molar refractivity (Wildman–Crippen MR) is 111 cm³/mol. The second-order valence-corrected chi connectivity index (χ2v) is 8.06. The molecule has 2 N–H and O–H groups in total. The molecule has 0 saturated carbocycles. The highest BCUT2D eigenvalue weighted by Gasteiger charge is 2.41. The van der Waals surface area contributed by atoms with Crippen molar-refractivity contribution in [2.24, 2.45) is 0 Å². The van der Waals surface area contributed by atoms with Crippen LogP contribution in [-0.2, 0) is 21.2 Å². The van der Waals surface area contributed by atoms with Crippen molar-refractivity contribution in [1.29, 1.82) is 0 Å². The van der Waals surface area contributed by atoms with Gasteiger partial charge in [-0.1, -0.05) is 6.07 Å². The van der Waals surface area contributed by atoms with E-state index >= 15 is 0 Å². The Hall–Kier alpha value is -2.56. The summed E-state index contributed by atoms with van der Waals surface area (Å²) in [5, 5.41) is 12.6. The third-order valence-electron chi connectivity index (χ3n) is 5.56. The Morgan fingerprint density at radius 3 is 2.55 bits per heavy atom. The Labute approximate surface area is 178 Å². The van der Waals surface area contributed by atoms with Crippen molar-refractivity contribution in [1.82, 2.24) is 0 Å². The smallest absolute Gasteiger partial charge is 0.423 e. The van der Waals surface area contributed by atoms with E-state index in [0.717, 1.165) is 11.6 Å². The minimum Gasteiger partial charge on any atom is -0.423 e. The van der Waals surface area contributed by atoms with Gasteiger partial charge in [0.2, 0.25) is 0 Å². The highest BCUT2D eigenvalue weighted by Crippen LogP contribution is 2.36. The molecule has 1 amide bonds. The summed E-state index contributed by atoms with van der Waals surface area (Å²) in [5.41, 5.74) is -0.274. The zero-order chi connectivity index (χ0) is 22.4. The van der Waals surface area contributed by atoms with Gasteiger partial charge in [-0.3, -0.25) is 4.79 Å². The molecule has 0 atom stereocenters. The highest BCUT2D eigenvalue weighted by atomic mass is 19.4. The molecular weight excluding hydrogens is 412 g/mol. The van der Waals surface area contributed by atoms with Crippen LogP contribution in [0.25, 0.3) is 0 Å². The summed E-state index contributed by atoms with van der Waals surface area (Å²) >= 11 is 0. The first-order valence-electron chi connectivity index (χ1n) is 9.92. The number of benzene rings is 2. The van der Waals surface area contributed by atoms with Gasteiger partial charge in [0.05, 0.1) is 29.9 Å². The number of rotatable bonds is 3. The maximum absolute atomic E-state index is 13.7. The number of anilines is 2. The van der Waals surface area contributed by atoms with Crippen LogP contribution in [0.4, 0.5) is 24.5 Å². The summed E-state index contributed by atoms with van der Waals surface area (Å²) in [4.78, 5) is 14.5. The molecule has 0 aliphatic carbocycles. The van der Waals surface area contributed by atoms with Crippen LogP contribution in [0.15, 0.2) is 36.4 Å². The fraction of sp³-hybridized carbons (Fsp3) is 0.381. The van der Waals surface area contributed by atoms with E-state index in [-0.39, 0.29) is 5.69 Å². The average molecular weight is 434 g/mol. The van der Waals surface area contributed by atoms with Crippen LogP contribution in [0.2, 0.25) is 0 Å². The van der Waals surface area contributed by atoms with Crippen LogP contribution >= 0.6 is 0 Å². The van der Waals surface area contributed by atoms with Crippen LogP contribution in [0.5, 0.6) is 0 Å². The molecule has 0 spiro atoms. The molecule has 2 aromatic rings. The second kappa shape index (κ2) is 7.85. The Kier molecular flexibility index (Phi) is 5.49. The lowest BCUT2D eigenvalue weighted by atomic mass is 9.78. The van der Waals surface area contributed by atoms with Gasteiger partial charge in [-0.25, -0.2) is 0 Å². The molecule has 1 saturated heterocycles. The van der Waals surface area contributed by atoms with Crippen molar-refractivity contribution in [2.45, 2.75) is 25.6 Å². The van der Waals surface area contributed by atoms with Crippen molar-refractivity contribution in [2.75, 3.05) is 36.5 Å². The Morgan fingerprint density at radius 2 is 1.87 bits per heavy atom. The molecule has 2 aliphatic rings. The number of nitrogens with zero attached hydrogens (tertiary/aromatic N) is 1. The van der Waals surface area contributed by atoms with E-state index in [4.69, 9.17) is 9.39 Å². The van der Waals surface area contributed by atoms with Gasteiger partial charge < -0.3 is 24.6 Å². The average Bonchev–Trinajstić information content (AvgIpc) is 2.95. The summed E-state index contributed by atoms with van der Waals surface area (Å²) in [5.74, 6) is -0.881. The second-order valence-electron chi connectivity index (χ2n) is 8.06. The number of ether oxygens (including phenoxy) is 1. The van der Waals surface area contributed by atoms with E-state index < -0.39 is 35.9 Å². The van der Waals surface area contributed by atoms with Crippen LogP contribution < -0.4 is 15.7 Å². The van der Waals surface area contributed by atoms with Crippen molar-refractivity contribution in [3.05, 3.63) is 53.1 Å². The molecule has 164 valence electrons. The zero-order valence-electron chi connectivity index (χ0n) is 17.1. The number of carbonyl (C=O) groups is 1. The lowest BCUT2D eigenvalue weighted by Crippen LogP contribution is -2.36. The molecule has 0 radical (unpaired) electrons. The summed E-state index contributed by atoms with van der Waals surface area (Å²) < 4.78 is 51.9. The van der Waals surface area contributed by atoms with Gasteiger partial charge in [-0.05, 0) is 55.2 Å². The van der Waals surface area contributed by atoms with Gasteiger partial charge in [0.1, 0.15) is 0 Å². The molecule has 31 heavy (non-hydrogen) atoms. The van der Waals surface area contributed by atoms with Crippen LogP contribution in [0.1, 0.15) is 35.3 Å². The van der Waals surface area contributed by atoms with E-state index in [1.807, 2.05) is 0 Å². The molecule has 2 aliphatic heterocycles. The normalized spacial score (nSPS) is 18.1. The number of amides is 1. The number of hydrogen-bond donors (Lipinski definition) is 2. The number of halogens is 3. The minimum atomic E-state index is -4.69. The molecule has 1 fully saturated rings. The van der Waals surface area contributed by atoms with Crippen LogP contribution in [-0.4, -0.2) is 44.4 Å². The van der Waals surface area contributed by atoms with Gasteiger partial charge in [0.15, 0.2) is 0 Å². The molecule has 0 bridgehead atoms. The molecule has 2 aromatic carbocycles. The summed E-state index contributed by atoms with van der Waals surface area (Å²) in [6, 6.07) is 8.49. The number of fused-ring (bicyclic) bond motifs is 1. The third kappa shape index (κ3) is 4.28. The zero-order valence-corrected chi connectivity index (χ0v) is 17.1. The standard InChI is InChI=1S/C21H22BF3N2O4/c1-20(2)16-6-3-13(11-18(16)22(29)31-20)26-19(28)15-5-4-14(12-17(15)21(23,24)25)27-7-9-30-10-8-27/h3-6,11-12,29H,7-10H2,1-2H3,(H,26,28). The van der Waals surface area contributed by atoms with Gasteiger partial charge in [-0.2, -0.15) is 13.2 Å². The first kappa shape index (κ1) is 21.7. The van der Waals surface area contributed by atoms with E-state index in [1.54, 1.807) is 30.9 Å². The molecular formula is C21H22BF3N2O4. The lowest BCUT2D eigenvalue weighted by Gasteiger charge is -2.29. The topological polar surface area (TPSA) is 71.0 Å². The number of nitrogens with one attached hydrogen (secondary N) is 1. The maximum atomic E-state index is 13.7. The largest absolute Gasteiger partial charge is 0.492 e. The number of morpholine rings is 1. The number of carbonyl (C=O) groups excluding carboxylic acids is 1. The first-order chi connectivity index (χ1) is 14.6. The van der Waals surface area contributed by atoms with Crippen molar-refractivity contribution in [3.8, 4) is 0 Å². The van der Waals surface area contributed by atoms with Gasteiger partial charge in [-0.15, -0.1) is 0 Å². The van der Waals surface area contributed by atoms with E-state index in [9.17, 15) is 23.0 Å². The Morgan fingerprint density at radius 1 is 1.16 bits per heavy atom. The molecule has 0 aromatic heterocycles. The van der Waals surface area contributed by atoms with Crippen molar-refractivity contribution < 1.29 is 32.4 Å². The van der Waals surface area contributed by atoms with Crippen LogP contribution in [0.3, 0.4) is 0 Å². The fourth-order valence-electron chi connectivity index (χ4n) is 3.98. The van der Waals surface area contributed by atoms with E-state index in [1.165, 1.54) is 18.2 Å². The fourth-order valence-corrected chi connectivity index (χ4v) is 3.98. The van der Waals surface area contributed by atoms with E-state index in [2.05, 4.69) is 5.32 Å². The predicted octanol–water partition coefficient (Wildman–Crippen LogP) is 2.75. The van der Waals surface area contributed by atoms with Gasteiger partial charge >= 0.3 is 13.3 Å². The van der Waals surface area contributed by atoms with Crippen LogP contribution in [0, 0.1) is 0 Å². The SMILES string of the molecule is CC1(C)OB(O)c2cc(NC(=O)c3ccc(N4CCOCC4)cc3C(F)(F)F)ccc21. The molecule has 6 nitrogen and oxygen atoms in total. The summed E-state index contributed by atoms with van der Waals surface area (Å²) in [6.45, 7) is 5.44. The molecule has 4 rings (SSSR count). The Bertz CT molecular complexity index is 1010. The molecule has 10 heteroatoms. The van der Waals surface area contributed by atoms with Crippen molar-refractivity contribution in [3.63, 3.8) is 0 Å². The summed E-state index contributed by atoms with van der Waals surface area (Å²) in [7, 11) is -1.17. The van der Waals surface area contributed by atoms with E-state index in [0.29, 0.717) is 37.5 Å². The molecule has 2 heterocycles. The third-order valence-corrected chi connectivity index (χ3v) is 5.56. The first-order valence-corrected chi connectivity index (χ1v) is 9.92. The summed E-state index contributed by atoms with van der Waals surface area (Å²) in [6.07, 6.45) is -4.69. The number of hydrogen-bond acceptors (Lipinski definition) is 5. The van der Waals surface area contributed by atoms with Gasteiger partial charge in [0.25, 0.3) is 5.91 Å². The minimum absolute atomic E-state index is 0.273. The quantitative estimate of drug-likeness (QED) is 0.728.